The fourth-order valence-electron chi connectivity index (χ4n) is 2.43. The predicted octanol–water partition coefficient (Wildman–Crippen LogP) is 1.66. The van der Waals surface area contributed by atoms with E-state index in [1.165, 1.54) is 12.3 Å². The molecular weight excluding hydrogens is 274 g/mol. The van der Waals surface area contributed by atoms with Gasteiger partial charge in [0.2, 0.25) is 0 Å². The van der Waals surface area contributed by atoms with Gasteiger partial charge in [-0.1, -0.05) is 5.16 Å². The molecule has 3 rings (SSSR count). The quantitative estimate of drug-likeness (QED) is 0.660. The number of nitrogens with one attached hydrogen (secondary N) is 1. The molecule has 1 N–H and O–H groups in total. The largest absolute Gasteiger partial charge is 0.366 e. The Labute approximate surface area is 120 Å². The Kier molecular flexibility index (Phi) is 3.78. The maximum atomic E-state index is 10.6. The molecule has 8 nitrogen and oxygen atoms in total. The summed E-state index contributed by atoms with van der Waals surface area (Å²) in [6.07, 6.45) is 3.84. The third-order valence-electron chi connectivity index (χ3n) is 3.46. The highest BCUT2D eigenvalue weighted by Gasteiger charge is 2.23. The van der Waals surface area contributed by atoms with E-state index in [9.17, 15) is 10.1 Å². The van der Waals surface area contributed by atoms with Gasteiger partial charge in [-0.25, -0.2) is 4.98 Å². The van der Waals surface area contributed by atoms with Crippen molar-refractivity contribution < 1.29 is 9.45 Å². The lowest BCUT2D eigenvalue weighted by Gasteiger charge is -2.15. The van der Waals surface area contributed by atoms with Crippen molar-refractivity contribution >= 4 is 11.5 Å². The smallest absolute Gasteiger partial charge is 0.287 e. The summed E-state index contributed by atoms with van der Waals surface area (Å²) in [6.45, 7) is 2.62. The topological polar surface area (TPSA) is 97.3 Å². The zero-order valence-corrected chi connectivity index (χ0v) is 11.3. The summed E-state index contributed by atoms with van der Waals surface area (Å²) >= 11 is 0. The van der Waals surface area contributed by atoms with E-state index in [0.29, 0.717) is 5.82 Å². The molecule has 0 saturated carbocycles. The van der Waals surface area contributed by atoms with Gasteiger partial charge in [0.1, 0.15) is 18.3 Å². The van der Waals surface area contributed by atoms with Crippen LogP contribution in [0, 0.1) is 10.1 Å². The maximum Gasteiger partial charge on any atom is 0.287 e. The van der Waals surface area contributed by atoms with Crippen LogP contribution in [0.2, 0.25) is 0 Å². The van der Waals surface area contributed by atoms with Crippen molar-refractivity contribution in [1.29, 1.82) is 0 Å². The van der Waals surface area contributed by atoms with E-state index >= 15 is 0 Å². The Hall–Kier alpha value is -2.48. The van der Waals surface area contributed by atoms with Crippen molar-refractivity contribution in [2.75, 3.05) is 18.4 Å². The lowest BCUT2D eigenvalue weighted by molar-refractivity contribution is -0.385. The minimum absolute atomic E-state index is 0.000342. The molecule has 0 radical (unpaired) electrons. The number of pyridine rings is 1. The van der Waals surface area contributed by atoms with Gasteiger partial charge in [0.25, 0.3) is 5.69 Å². The Bertz CT molecular complexity index is 599. The summed E-state index contributed by atoms with van der Waals surface area (Å²) < 4.78 is 4.82. The first-order valence-corrected chi connectivity index (χ1v) is 6.69. The molecule has 0 aliphatic carbocycles. The first-order chi connectivity index (χ1) is 10.2. The Balaban J connectivity index is 1.53. The van der Waals surface area contributed by atoms with Crippen molar-refractivity contribution in [3.8, 4) is 0 Å². The highest BCUT2D eigenvalue weighted by atomic mass is 16.6. The van der Waals surface area contributed by atoms with E-state index in [1.807, 2.05) is 6.07 Å². The molecular formula is C13H15N5O3. The summed E-state index contributed by atoms with van der Waals surface area (Å²) in [7, 11) is 0. The van der Waals surface area contributed by atoms with Crippen molar-refractivity contribution in [2.45, 2.75) is 19.0 Å². The van der Waals surface area contributed by atoms with Crippen LogP contribution in [-0.2, 0) is 6.54 Å². The number of likely N-dealkylation sites (tertiary alicyclic amines) is 1. The van der Waals surface area contributed by atoms with Crippen LogP contribution in [0.15, 0.2) is 35.2 Å². The Morgan fingerprint density at radius 3 is 3.05 bits per heavy atom. The van der Waals surface area contributed by atoms with Gasteiger partial charge in [0.05, 0.1) is 10.6 Å². The van der Waals surface area contributed by atoms with E-state index < -0.39 is 4.92 Å². The third-order valence-corrected chi connectivity index (χ3v) is 3.46. The van der Waals surface area contributed by atoms with E-state index in [2.05, 4.69) is 20.4 Å². The minimum Gasteiger partial charge on any atom is -0.366 e. The predicted molar refractivity (Wildman–Crippen MR) is 74.7 cm³/mol. The summed E-state index contributed by atoms with van der Waals surface area (Å²) in [6, 6.07) is 5.24. The first kappa shape index (κ1) is 13.5. The van der Waals surface area contributed by atoms with Crippen LogP contribution in [0.25, 0.3) is 0 Å². The van der Waals surface area contributed by atoms with Gasteiger partial charge in [-0.3, -0.25) is 15.0 Å². The van der Waals surface area contributed by atoms with Gasteiger partial charge < -0.3 is 9.84 Å². The molecule has 0 bridgehead atoms. The molecule has 0 spiro atoms. The van der Waals surface area contributed by atoms with Crippen LogP contribution in [0.4, 0.5) is 11.5 Å². The fourth-order valence-corrected chi connectivity index (χ4v) is 2.43. The number of hydrogen-bond acceptors (Lipinski definition) is 7. The number of hydrogen-bond donors (Lipinski definition) is 1. The van der Waals surface area contributed by atoms with Gasteiger partial charge in [0, 0.05) is 37.8 Å². The molecule has 2 aromatic heterocycles. The van der Waals surface area contributed by atoms with Gasteiger partial charge in [-0.15, -0.1) is 0 Å². The number of aromatic nitrogens is 2. The molecule has 21 heavy (non-hydrogen) atoms. The number of nitro groups is 1. The van der Waals surface area contributed by atoms with E-state index in [0.717, 1.165) is 31.7 Å². The van der Waals surface area contributed by atoms with Crippen molar-refractivity contribution in [3.05, 3.63) is 46.5 Å². The van der Waals surface area contributed by atoms with Crippen LogP contribution in [0.1, 0.15) is 12.1 Å². The van der Waals surface area contributed by atoms with Crippen LogP contribution < -0.4 is 5.32 Å². The SMILES string of the molecule is O=[N+]([O-])c1ccc(N[C@@H]2CCN(Cc3ccon3)C2)nc1. The second-order valence-corrected chi connectivity index (χ2v) is 5.01. The van der Waals surface area contributed by atoms with Crippen molar-refractivity contribution in [2.24, 2.45) is 0 Å². The molecule has 0 aromatic carbocycles. The first-order valence-electron chi connectivity index (χ1n) is 6.69. The Morgan fingerprint density at radius 2 is 2.38 bits per heavy atom. The van der Waals surface area contributed by atoms with Gasteiger partial charge >= 0.3 is 0 Å². The molecule has 2 aromatic rings. The maximum absolute atomic E-state index is 10.6. The lowest BCUT2D eigenvalue weighted by atomic mass is 10.2. The van der Waals surface area contributed by atoms with Crippen molar-refractivity contribution in [1.82, 2.24) is 15.0 Å². The van der Waals surface area contributed by atoms with Gasteiger partial charge in [0.15, 0.2) is 0 Å². The molecule has 1 aliphatic heterocycles. The number of nitrogens with zero attached hydrogens (tertiary/aromatic N) is 4. The molecule has 8 heteroatoms. The van der Waals surface area contributed by atoms with Crippen molar-refractivity contribution in [3.63, 3.8) is 0 Å². The summed E-state index contributed by atoms with van der Waals surface area (Å²) in [4.78, 5) is 16.5. The molecule has 3 heterocycles. The van der Waals surface area contributed by atoms with E-state index in [-0.39, 0.29) is 11.7 Å². The average Bonchev–Trinajstić information content (AvgIpc) is 3.12. The zero-order chi connectivity index (χ0) is 14.7. The standard InChI is InChI=1S/C13H15N5O3/c19-18(20)12-1-2-13(14-7-12)15-10-3-5-17(8-10)9-11-4-6-21-16-11/h1-2,4,6-7,10H,3,5,8-9H2,(H,14,15)/t10-/m1/s1. The zero-order valence-electron chi connectivity index (χ0n) is 11.3. The van der Waals surface area contributed by atoms with E-state index in [1.54, 1.807) is 12.3 Å². The molecule has 110 valence electrons. The molecule has 0 amide bonds. The molecule has 0 unspecified atom stereocenters. The number of rotatable bonds is 5. The molecule has 1 atom stereocenters. The van der Waals surface area contributed by atoms with Crippen LogP contribution >= 0.6 is 0 Å². The van der Waals surface area contributed by atoms with Gasteiger partial charge in [-0.05, 0) is 12.5 Å². The highest BCUT2D eigenvalue weighted by Crippen LogP contribution is 2.18. The van der Waals surface area contributed by atoms with Crippen LogP contribution in [-0.4, -0.2) is 39.1 Å². The second-order valence-electron chi connectivity index (χ2n) is 5.01. The molecule has 1 fully saturated rings. The minimum atomic E-state index is -0.452. The summed E-state index contributed by atoms with van der Waals surface area (Å²) in [5.74, 6) is 0.661. The fraction of sp³-hybridized carbons (Fsp3) is 0.385. The number of anilines is 1. The highest BCUT2D eigenvalue weighted by molar-refractivity contribution is 5.41. The van der Waals surface area contributed by atoms with Crippen LogP contribution in [0.3, 0.4) is 0 Å². The third kappa shape index (κ3) is 3.34. The summed E-state index contributed by atoms with van der Waals surface area (Å²) in [5.41, 5.74) is 0.920. The monoisotopic (exact) mass is 289 g/mol. The lowest BCUT2D eigenvalue weighted by Crippen LogP contribution is -2.26. The average molecular weight is 289 g/mol. The Morgan fingerprint density at radius 1 is 1.48 bits per heavy atom. The summed E-state index contributed by atoms with van der Waals surface area (Å²) in [5, 5.41) is 17.8. The second kappa shape index (κ2) is 5.88. The van der Waals surface area contributed by atoms with E-state index in [4.69, 9.17) is 4.52 Å². The molecule has 1 saturated heterocycles. The van der Waals surface area contributed by atoms with Crippen LogP contribution in [0.5, 0.6) is 0 Å². The normalized spacial score (nSPS) is 18.8. The van der Waals surface area contributed by atoms with Gasteiger partial charge in [-0.2, -0.15) is 0 Å². The molecule has 1 aliphatic rings.